The van der Waals surface area contributed by atoms with Gasteiger partial charge in [-0.1, -0.05) is 43.0 Å². The Labute approximate surface area is 152 Å². The number of carbonyl (C=O) groups is 1. The maximum atomic E-state index is 13.1. The Morgan fingerprint density at radius 2 is 2.00 bits per heavy atom. The summed E-state index contributed by atoms with van der Waals surface area (Å²) in [6.07, 6.45) is 8.03. The van der Waals surface area contributed by atoms with Gasteiger partial charge in [-0.25, -0.2) is 0 Å². The molecule has 0 amide bonds. The molecule has 1 atom stereocenters. The molecule has 0 N–H and O–H groups in total. The van der Waals surface area contributed by atoms with E-state index in [4.69, 9.17) is 27.9 Å². The van der Waals surface area contributed by atoms with Gasteiger partial charge in [0.05, 0.1) is 11.6 Å². The van der Waals surface area contributed by atoms with Crippen molar-refractivity contribution in [1.82, 2.24) is 0 Å². The van der Waals surface area contributed by atoms with E-state index in [1.807, 2.05) is 12.4 Å². The first-order valence-electron chi connectivity index (χ1n) is 8.52. The maximum absolute atomic E-state index is 13.1. The molecule has 3 nitrogen and oxygen atoms in total. The molecule has 24 heavy (non-hydrogen) atoms. The SMILES string of the molecule is CC1(C2CCCC2)Cc2cc(OCCC[C]=O)c(Cl)c(Cl)c2C1=O. The average Bonchev–Trinajstić information content (AvgIpc) is 3.17. The van der Waals surface area contributed by atoms with Gasteiger partial charge in [-0.05, 0) is 43.2 Å². The average molecular weight is 368 g/mol. The van der Waals surface area contributed by atoms with Gasteiger partial charge >= 0.3 is 0 Å². The zero-order chi connectivity index (χ0) is 17.3. The van der Waals surface area contributed by atoms with Crippen LogP contribution in [0.15, 0.2) is 6.07 Å². The van der Waals surface area contributed by atoms with Crippen LogP contribution in [-0.4, -0.2) is 18.7 Å². The molecular weight excluding hydrogens is 347 g/mol. The van der Waals surface area contributed by atoms with E-state index in [0.29, 0.717) is 48.1 Å². The highest BCUT2D eigenvalue weighted by molar-refractivity contribution is 6.45. The lowest BCUT2D eigenvalue weighted by Crippen LogP contribution is -2.32. The van der Waals surface area contributed by atoms with Gasteiger partial charge < -0.3 is 4.74 Å². The van der Waals surface area contributed by atoms with Crippen LogP contribution in [0.3, 0.4) is 0 Å². The summed E-state index contributed by atoms with van der Waals surface area (Å²) in [7, 11) is 0. The van der Waals surface area contributed by atoms with Crippen LogP contribution in [0.4, 0.5) is 0 Å². The van der Waals surface area contributed by atoms with Crippen LogP contribution in [-0.2, 0) is 11.2 Å². The third-order valence-corrected chi connectivity index (χ3v) is 6.35. The van der Waals surface area contributed by atoms with Gasteiger partial charge in [0.25, 0.3) is 0 Å². The van der Waals surface area contributed by atoms with Crippen LogP contribution in [0.2, 0.25) is 10.0 Å². The summed E-state index contributed by atoms with van der Waals surface area (Å²) in [6.45, 7) is 2.44. The number of hydrogen-bond donors (Lipinski definition) is 0. The summed E-state index contributed by atoms with van der Waals surface area (Å²) in [5.74, 6) is 1.04. The standard InChI is InChI=1S/C19H21Cl2O3/c1-19(13-6-2-3-7-13)11-12-10-14(24-9-5-4-8-22)16(20)17(21)15(12)18(19)23/h10,13H,2-7,9,11H2,1H3. The fraction of sp³-hybridized carbons (Fsp3) is 0.579. The maximum Gasteiger partial charge on any atom is 0.198 e. The quantitative estimate of drug-likeness (QED) is 0.649. The molecule has 0 heterocycles. The number of halogens is 2. The minimum absolute atomic E-state index is 0.124. The molecule has 1 aromatic rings. The highest BCUT2D eigenvalue weighted by Gasteiger charge is 2.49. The van der Waals surface area contributed by atoms with E-state index < -0.39 is 0 Å². The van der Waals surface area contributed by atoms with Crippen molar-refractivity contribution < 1.29 is 14.3 Å². The second-order valence-corrected chi connectivity index (χ2v) is 7.79. The molecule has 1 fully saturated rings. The van der Waals surface area contributed by atoms with Crippen LogP contribution in [0, 0.1) is 11.3 Å². The van der Waals surface area contributed by atoms with Gasteiger partial charge in [-0.2, -0.15) is 0 Å². The third-order valence-electron chi connectivity index (χ3n) is 5.50. The number of carbonyl (C=O) groups excluding carboxylic acids is 2. The lowest BCUT2D eigenvalue weighted by Gasteiger charge is -2.29. The van der Waals surface area contributed by atoms with Gasteiger partial charge in [0.15, 0.2) is 12.1 Å². The second-order valence-electron chi connectivity index (χ2n) is 7.04. The summed E-state index contributed by atoms with van der Waals surface area (Å²) in [5, 5.41) is 0.590. The Morgan fingerprint density at radius 3 is 2.67 bits per heavy atom. The van der Waals surface area contributed by atoms with Gasteiger partial charge in [0, 0.05) is 17.4 Å². The largest absolute Gasteiger partial charge is 0.492 e. The van der Waals surface area contributed by atoms with E-state index in [0.717, 1.165) is 18.4 Å². The van der Waals surface area contributed by atoms with Crippen LogP contribution in [0.25, 0.3) is 0 Å². The second kappa shape index (κ2) is 7.05. The molecule has 1 unspecified atom stereocenters. The molecule has 2 aliphatic carbocycles. The topological polar surface area (TPSA) is 43.4 Å². The number of fused-ring (bicyclic) bond motifs is 1. The van der Waals surface area contributed by atoms with Gasteiger partial charge in [0.1, 0.15) is 10.8 Å². The molecule has 0 aliphatic heterocycles. The van der Waals surface area contributed by atoms with Crippen molar-refractivity contribution in [2.75, 3.05) is 6.61 Å². The van der Waals surface area contributed by atoms with Crippen molar-refractivity contribution in [3.8, 4) is 5.75 Å². The molecule has 1 aromatic carbocycles. The summed E-state index contributed by atoms with van der Waals surface area (Å²) in [5.41, 5.74) is 1.13. The molecule has 0 aromatic heterocycles. The van der Waals surface area contributed by atoms with E-state index in [2.05, 4.69) is 6.92 Å². The Balaban J connectivity index is 1.88. The minimum Gasteiger partial charge on any atom is -0.492 e. The van der Waals surface area contributed by atoms with Crippen LogP contribution >= 0.6 is 23.2 Å². The number of benzene rings is 1. The van der Waals surface area contributed by atoms with Crippen LogP contribution in [0.1, 0.15) is 61.4 Å². The van der Waals surface area contributed by atoms with Crippen molar-refractivity contribution in [1.29, 1.82) is 0 Å². The lowest BCUT2D eigenvalue weighted by molar-refractivity contribution is 0.0744. The number of ketones is 1. The summed E-state index contributed by atoms with van der Waals surface area (Å²) in [6, 6.07) is 1.85. The molecule has 0 bridgehead atoms. The number of hydrogen-bond acceptors (Lipinski definition) is 3. The summed E-state index contributed by atoms with van der Waals surface area (Å²) in [4.78, 5) is 23.3. The molecule has 1 saturated carbocycles. The van der Waals surface area contributed by atoms with Crippen LogP contribution in [0.5, 0.6) is 5.75 Å². The number of Topliss-reactive ketones (excluding diaryl/α,β-unsaturated/α-hetero) is 1. The molecule has 3 rings (SSSR count). The summed E-state index contributed by atoms with van der Waals surface area (Å²) >= 11 is 12.7. The van der Waals surface area contributed by atoms with Crippen molar-refractivity contribution in [3.05, 3.63) is 27.2 Å². The first kappa shape index (κ1) is 17.8. The molecule has 5 heteroatoms. The predicted molar refractivity (Wildman–Crippen MR) is 95.0 cm³/mol. The molecule has 1 radical (unpaired) electrons. The first-order valence-corrected chi connectivity index (χ1v) is 9.28. The van der Waals surface area contributed by atoms with Gasteiger partial charge in [-0.15, -0.1) is 0 Å². The van der Waals surface area contributed by atoms with E-state index in [9.17, 15) is 9.59 Å². The first-order chi connectivity index (χ1) is 11.5. The van der Waals surface area contributed by atoms with E-state index in [-0.39, 0.29) is 16.2 Å². The number of rotatable bonds is 6. The zero-order valence-electron chi connectivity index (χ0n) is 13.8. The van der Waals surface area contributed by atoms with Crippen LogP contribution < -0.4 is 4.74 Å². The minimum atomic E-state index is -0.378. The molecule has 0 saturated heterocycles. The summed E-state index contributed by atoms with van der Waals surface area (Å²) < 4.78 is 5.67. The Kier molecular flexibility index (Phi) is 5.22. The zero-order valence-corrected chi connectivity index (χ0v) is 15.3. The number of ether oxygens (including phenoxy) is 1. The van der Waals surface area contributed by atoms with Crippen molar-refractivity contribution in [2.45, 2.75) is 51.9 Å². The van der Waals surface area contributed by atoms with E-state index in [1.165, 1.54) is 12.8 Å². The lowest BCUT2D eigenvalue weighted by atomic mass is 9.73. The Hall–Kier alpha value is -1.06. The van der Waals surface area contributed by atoms with E-state index in [1.54, 1.807) is 0 Å². The molecule has 129 valence electrons. The Morgan fingerprint density at radius 1 is 1.29 bits per heavy atom. The normalized spacial score (nSPS) is 23.5. The van der Waals surface area contributed by atoms with Gasteiger partial charge in [-0.3, -0.25) is 9.59 Å². The van der Waals surface area contributed by atoms with Crippen molar-refractivity contribution >= 4 is 35.3 Å². The monoisotopic (exact) mass is 367 g/mol. The van der Waals surface area contributed by atoms with E-state index >= 15 is 0 Å². The van der Waals surface area contributed by atoms with Crippen molar-refractivity contribution in [2.24, 2.45) is 11.3 Å². The van der Waals surface area contributed by atoms with Crippen molar-refractivity contribution in [3.63, 3.8) is 0 Å². The predicted octanol–water partition coefficient (Wildman–Crippen LogP) is 5.20. The smallest absolute Gasteiger partial charge is 0.198 e. The Bertz CT molecular complexity index is 665. The molecule has 0 spiro atoms. The van der Waals surface area contributed by atoms with Gasteiger partial charge in [0.2, 0.25) is 0 Å². The fourth-order valence-electron chi connectivity index (χ4n) is 4.12. The molecule has 2 aliphatic rings. The number of unbranched alkanes of at least 4 members (excludes halogenated alkanes) is 1. The molecular formula is C19H21Cl2O3. The highest BCUT2D eigenvalue weighted by atomic mass is 35.5. The third kappa shape index (κ3) is 2.97. The fourth-order valence-corrected chi connectivity index (χ4v) is 4.63. The highest BCUT2D eigenvalue weighted by Crippen LogP contribution is 2.52.